The minimum absolute atomic E-state index is 0.147. The highest BCUT2D eigenvalue weighted by Gasteiger charge is 2.24. The van der Waals surface area contributed by atoms with Gasteiger partial charge in [-0.3, -0.25) is 24.6 Å². The normalized spacial score (nSPS) is 13.9. The number of nitrogens with one attached hydrogen (secondary N) is 1. The van der Waals surface area contributed by atoms with Crippen molar-refractivity contribution >= 4 is 28.0 Å². The molecule has 0 spiro atoms. The van der Waals surface area contributed by atoms with Crippen LogP contribution in [0.1, 0.15) is 16.8 Å². The molecule has 0 aliphatic carbocycles. The van der Waals surface area contributed by atoms with E-state index in [1.807, 2.05) is 22.4 Å². The Kier molecular flexibility index (Phi) is 4.91. The van der Waals surface area contributed by atoms with Crippen LogP contribution >= 0.6 is 11.3 Å². The van der Waals surface area contributed by atoms with Gasteiger partial charge in [0, 0.05) is 31.6 Å². The van der Waals surface area contributed by atoms with E-state index < -0.39 is 21.9 Å². The fraction of sp³-hybridized carbons (Fsp3) is 0.190. The van der Waals surface area contributed by atoms with Crippen molar-refractivity contribution in [2.45, 2.75) is 19.5 Å². The molecule has 1 aromatic carbocycles. The van der Waals surface area contributed by atoms with E-state index in [4.69, 9.17) is 4.42 Å². The topological polar surface area (TPSA) is 122 Å². The summed E-state index contributed by atoms with van der Waals surface area (Å²) in [7, 11) is 0. The number of nitro benzene ring substituents is 1. The SMILES string of the molecule is O=c1[nH]c(-c2cccs2)nc2c1CN(Cc1coc3c([N+](=O)[O-])cc(F)cc3c1=O)CC2. The molecule has 3 aromatic heterocycles. The maximum Gasteiger partial charge on any atom is 0.315 e. The van der Waals surface area contributed by atoms with Gasteiger partial charge >= 0.3 is 5.69 Å². The van der Waals surface area contributed by atoms with Crippen LogP contribution in [-0.2, 0) is 19.5 Å². The highest BCUT2D eigenvalue weighted by molar-refractivity contribution is 7.13. The molecule has 1 N–H and O–H groups in total. The zero-order valence-corrected chi connectivity index (χ0v) is 17.3. The summed E-state index contributed by atoms with van der Waals surface area (Å²) in [4.78, 5) is 46.1. The zero-order valence-electron chi connectivity index (χ0n) is 16.5. The Morgan fingerprint density at radius 1 is 1.34 bits per heavy atom. The van der Waals surface area contributed by atoms with Crippen LogP contribution < -0.4 is 11.0 Å². The average Bonchev–Trinajstić information content (AvgIpc) is 3.31. The van der Waals surface area contributed by atoms with Crippen molar-refractivity contribution in [1.82, 2.24) is 14.9 Å². The van der Waals surface area contributed by atoms with Crippen molar-refractivity contribution in [3.8, 4) is 10.7 Å². The molecule has 0 radical (unpaired) electrons. The van der Waals surface area contributed by atoms with E-state index in [2.05, 4.69) is 9.97 Å². The Morgan fingerprint density at radius 2 is 2.19 bits per heavy atom. The third kappa shape index (κ3) is 3.51. The lowest BCUT2D eigenvalue weighted by atomic mass is 10.1. The molecule has 0 saturated heterocycles. The first-order valence-corrected chi connectivity index (χ1v) is 10.6. The van der Waals surface area contributed by atoms with Crippen LogP contribution in [0.4, 0.5) is 10.1 Å². The minimum Gasteiger partial charge on any atom is -0.456 e. The molecule has 0 atom stereocenters. The van der Waals surface area contributed by atoms with Gasteiger partial charge in [-0.2, -0.15) is 0 Å². The number of rotatable bonds is 4. The first-order chi connectivity index (χ1) is 15.4. The molecule has 162 valence electrons. The highest BCUT2D eigenvalue weighted by atomic mass is 32.1. The number of fused-ring (bicyclic) bond motifs is 2. The quantitative estimate of drug-likeness (QED) is 0.371. The van der Waals surface area contributed by atoms with E-state index in [1.165, 1.54) is 11.3 Å². The monoisotopic (exact) mass is 454 g/mol. The number of nitrogens with zero attached hydrogens (tertiary/aromatic N) is 3. The van der Waals surface area contributed by atoms with Crippen LogP contribution in [0.25, 0.3) is 21.7 Å². The average molecular weight is 454 g/mol. The molecule has 5 rings (SSSR count). The Bertz CT molecular complexity index is 1480. The van der Waals surface area contributed by atoms with E-state index in [0.717, 1.165) is 29.0 Å². The summed E-state index contributed by atoms with van der Waals surface area (Å²) in [6, 6.07) is 5.42. The van der Waals surface area contributed by atoms with E-state index in [9.17, 15) is 24.1 Å². The van der Waals surface area contributed by atoms with Crippen LogP contribution in [0.3, 0.4) is 0 Å². The smallest absolute Gasteiger partial charge is 0.315 e. The van der Waals surface area contributed by atoms with Gasteiger partial charge in [-0.1, -0.05) is 6.07 Å². The first kappa shape index (κ1) is 20.2. The minimum atomic E-state index is -0.889. The fourth-order valence-electron chi connectivity index (χ4n) is 3.86. The van der Waals surface area contributed by atoms with Gasteiger partial charge < -0.3 is 9.40 Å². The zero-order chi connectivity index (χ0) is 22.4. The highest BCUT2D eigenvalue weighted by Crippen LogP contribution is 2.26. The molecule has 0 saturated carbocycles. The van der Waals surface area contributed by atoms with E-state index in [-0.39, 0.29) is 35.2 Å². The summed E-state index contributed by atoms with van der Waals surface area (Å²) in [6.07, 6.45) is 1.68. The van der Waals surface area contributed by atoms with Crippen molar-refractivity contribution in [3.63, 3.8) is 0 Å². The molecule has 0 unspecified atom stereocenters. The number of H-pyrrole nitrogens is 1. The Balaban J connectivity index is 1.45. The molecule has 0 amide bonds. The fourth-order valence-corrected chi connectivity index (χ4v) is 4.53. The number of aromatic amines is 1. The second-order valence-corrected chi connectivity index (χ2v) is 8.37. The molecular weight excluding hydrogens is 439 g/mol. The number of benzene rings is 1. The molecule has 32 heavy (non-hydrogen) atoms. The lowest BCUT2D eigenvalue weighted by Crippen LogP contribution is -2.36. The van der Waals surface area contributed by atoms with E-state index in [0.29, 0.717) is 24.4 Å². The van der Waals surface area contributed by atoms with E-state index >= 15 is 0 Å². The van der Waals surface area contributed by atoms with Crippen molar-refractivity contribution in [2.24, 2.45) is 0 Å². The lowest BCUT2D eigenvalue weighted by molar-refractivity contribution is -0.383. The predicted octanol–water partition coefficient (Wildman–Crippen LogP) is 3.21. The van der Waals surface area contributed by atoms with Gasteiger partial charge in [0.15, 0.2) is 11.3 Å². The van der Waals surface area contributed by atoms with Crippen LogP contribution in [0, 0.1) is 15.9 Å². The Morgan fingerprint density at radius 3 is 2.94 bits per heavy atom. The van der Waals surface area contributed by atoms with Crippen molar-refractivity contribution < 1.29 is 13.7 Å². The predicted molar refractivity (Wildman–Crippen MR) is 115 cm³/mol. The van der Waals surface area contributed by atoms with Crippen LogP contribution in [-0.4, -0.2) is 26.3 Å². The molecular formula is C21H15FN4O5S. The Hall–Kier alpha value is -3.70. The van der Waals surface area contributed by atoms with Crippen LogP contribution in [0.5, 0.6) is 0 Å². The van der Waals surface area contributed by atoms with Crippen LogP contribution in [0.2, 0.25) is 0 Å². The van der Waals surface area contributed by atoms with Gasteiger partial charge in [-0.05, 0) is 17.5 Å². The number of thiophene rings is 1. The number of hydrogen-bond acceptors (Lipinski definition) is 8. The number of aromatic nitrogens is 2. The first-order valence-electron chi connectivity index (χ1n) is 9.67. The largest absolute Gasteiger partial charge is 0.456 e. The van der Waals surface area contributed by atoms with Gasteiger partial charge in [-0.25, -0.2) is 9.37 Å². The number of nitro groups is 1. The molecule has 0 bridgehead atoms. The second-order valence-electron chi connectivity index (χ2n) is 7.43. The third-order valence-electron chi connectivity index (χ3n) is 5.38. The molecule has 11 heteroatoms. The standard InChI is InChI=1S/C21H15FN4O5S/c22-12-6-13-18(27)11(10-31-19(13)16(7-12)26(29)30)8-25-4-3-15-14(9-25)21(28)24-20(23-15)17-2-1-5-32-17/h1-2,5-7,10H,3-4,8-9H2,(H,23,24,28). The number of halogens is 1. The van der Waals surface area contributed by atoms with Crippen LogP contribution in [0.15, 0.2) is 49.9 Å². The van der Waals surface area contributed by atoms with Crippen molar-refractivity contribution in [3.05, 3.63) is 89.2 Å². The lowest BCUT2D eigenvalue weighted by Gasteiger charge is -2.27. The summed E-state index contributed by atoms with van der Waals surface area (Å²) in [6.45, 7) is 0.978. The van der Waals surface area contributed by atoms with Gasteiger partial charge in [-0.15, -0.1) is 11.3 Å². The second kappa shape index (κ2) is 7.77. The van der Waals surface area contributed by atoms with Gasteiger partial charge in [0.05, 0.1) is 38.8 Å². The van der Waals surface area contributed by atoms with Crippen molar-refractivity contribution in [1.29, 1.82) is 0 Å². The summed E-state index contributed by atoms with van der Waals surface area (Å²) < 4.78 is 19.2. The van der Waals surface area contributed by atoms with Crippen molar-refractivity contribution in [2.75, 3.05) is 6.54 Å². The molecule has 4 heterocycles. The van der Waals surface area contributed by atoms with Gasteiger partial charge in [0.2, 0.25) is 5.58 Å². The van der Waals surface area contributed by atoms with Gasteiger partial charge in [0.1, 0.15) is 5.82 Å². The summed E-state index contributed by atoms with van der Waals surface area (Å²) >= 11 is 1.49. The maximum absolute atomic E-state index is 13.8. The number of non-ortho nitro benzene ring substituents is 1. The molecule has 1 aliphatic rings. The van der Waals surface area contributed by atoms with E-state index in [1.54, 1.807) is 0 Å². The third-order valence-corrected chi connectivity index (χ3v) is 6.26. The molecule has 1 aliphatic heterocycles. The molecule has 4 aromatic rings. The maximum atomic E-state index is 13.8. The van der Waals surface area contributed by atoms with Gasteiger partial charge in [0.25, 0.3) is 5.56 Å². The molecule has 9 nitrogen and oxygen atoms in total. The number of hydrogen-bond donors (Lipinski definition) is 1. The molecule has 0 fully saturated rings. The summed E-state index contributed by atoms with van der Waals surface area (Å²) in [5, 5.41) is 12.9. The summed E-state index contributed by atoms with van der Waals surface area (Å²) in [5.74, 6) is -0.351. The Labute approximate surface area is 182 Å². The summed E-state index contributed by atoms with van der Waals surface area (Å²) in [5.41, 5.74) is -0.169.